The topological polar surface area (TPSA) is 114 Å². The van der Waals surface area contributed by atoms with Gasteiger partial charge in [0.1, 0.15) is 22.8 Å². The number of fused-ring (bicyclic) bond motifs is 1. The molecule has 4 rings (SSSR count). The number of hydrogen-bond acceptors (Lipinski definition) is 6. The molecule has 0 spiro atoms. The van der Waals surface area contributed by atoms with Gasteiger partial charge < -0.3 is 0 Å². The van der Waals surface area contributed by atoms with Crippen molar-refractivity contribution in [2.45, 2.75) is 24.0 Å². The molecule has 0 saturated heterocycles. The number of pyridine rings is 1. The third-order valence-corrected chi connectivity index (χ3v) is 6.81. The summed E-state index contributed by atoms with van der Waals surface area (Å²) in [6.45, 7) is 4.26. The summed E-state index contributed by atoms with van der Waals surface area (Å²) in [6, 6.07) is 6.17. The fraction of sp³-hybridized carbons (Fsp3) is 0.130. The highest BCUT2D eigenvalue weighted by molar-refractivity contribution is 7.89. The van der Waals surface area contributed by atoms with Crippen molar-refractivity contribution < 1.29 is 26.0 Å². The van der Waals surface area contributed by atoms with Crippen LogP contribution in [0, 0.1) is 17.1 Å². The van der Waals surface area contributed by atoms with Gasteiger partial charge in [-0.05, 0) is 37.3 Å². The third kappa shape index (κ3) is 4.43. The van der Waals surface area contributed by atoms with Gasteiger partial charge in [0, 0.05) is 29.5 Å². The van der Waals surface area contributed by atoms with E-state index in [1.54, 1.807) is 10.8 Å². The first-order valence-corrected chi connectivity index (χ1v) is 11.7. The fourth-order valence-electron chi connectivity index (χ4n) is 3.50. The van der Waals surface area contributed by atoms with Crippen LogP contribution in [0.15, 0.2) is 60.4 Å². The van der Waals surface area contributed by atoms with Gasteiger partial charge in [-0.25, -0.2) is 22.8 Å². The highest BCUT2D eigenvalue weighted by atomic mass is 32.2. The number of sulfonamides is 1. The van der Waals surface area contributed by atoms with E-state index in [4.69, 9.17) is 0 Å². The summed E-state index contributed by atoms with van der Waals surface area (Å²) in [5, 5.41) is 10.2. The van der Waals surface area contributed by atoms with E-state index in [2.05, 4.69) is 21.5 Å². The number of hydrogen-bond donors (Lipinski definition) is 1. The average Bonchev–Trinajstić information content (AvgIpc) is 3.16. The Labute approximate surface area is 202 Å². The van der Waals surface area contributed by atoms with E-state index in [0.29, 0.717) is 12.4 Å². The van der Waals surface area contributed by atoms with Crippen LogP contribution in [0.25, 0.3) is 34.3 Å². The van der Waals surface area contributed by atoms with Crippen LogP contribution in [0.4, 0.5) is 17.6 Å². The van der Waals surface area contributed by atoms with Crippen LogP contribution in [0.5, 0.6) is 0 Å². The number of alkyl halides is 3. The quantitative estimate of drug-likeness (QED) is 0.381. The number of rotatable bonds is 6. The van der Waals surface area contributed by atoms with Crippen molar-refractivity contribution in [1.29, 1.82) is 5.26 Å². The van der Waals surface area contributed by atoms with Crippen LogP contribution in [-0.4, -0.2) is 40.2 Å². The van der Waals surface area contributed by atoms with Crippen molar-refractivity contribution in [3.8, 4) is 23.4 Å². The first-order valence-electron chi connectivity index (χ1n) is 10.2. The van der Waals surface area contributed by atoms with E-state index < -0.39 is 33.0 Å². The van der Waals surface area contributed by atoms with Gasteiger partial charge in [0.15, 0.2) is 0 Å². The number of halogens is 4. The van der Waals surface area contributed by atoms with E-state index in [1.165, 1.54) is 35.2 Å². The Hall–Kier alpha value is -4.15. The Morgan fingerprint density at radius 1 is 1.19 bits per heavy atom. The predicted molar refractivity (Wildman–Crippen MR) is 123 cm³/mol. The summed E-state index contributed by atoms with van der Waals surface area (Å²) >= 11 is 0. The highest BCUT2D eigenvalue weighted by Crippen LogP contribution is 2.36. The maximum absolute atomic E-state index is 14.6. The summed E-state index contributed by atoms with van der Waals surface area (Å²) < 4.78 is 80.9. The highest BCUT2D eigenvalue weighted by Gasteiger charge is 2.39. The van der Waals surface area contributed by atoms with Crippen LogP contribution in [0.2, 0.25) is 0 Å². The van der Waals surface area contributed by atoms with Gasteiger partial charge in [-0.1, -0.05) is 12.7 Å². The Morgan fingerprint density at radius 2 is 1.89 bits per heavy atom. The standard InChI is InChI=1S/C23H16F4N6O2S/c1-3-14-9-20-16(10-18(14)24)17(11-28)21(33(20)22-29-7-4-8-30-22)19-6-5-15(12-31-19)36(34,35)32-13(2)23(25,26)27/h3-10,12-13,32H,1H2,2H3. The van der Waals surface area contributed by atoms with Gasteiger partial charge >= 0.3 is 6.18 Å². The third-order valence-electron chi connectivity index (χ3n) is 5.28. The molecular formula is C23H16F4N6O2S. The molecule has 0 fully saturated rings. The number of nitriles is 1. The van der Waals surface area contributed by atoms with Gasteiger partial charge in [-0.15, -0.1) is 0 Å². The van der Waals surface area contributed by atoms with Gasteiger partial charge in [-0.3, -0.25) is 9.55 Å². The lowest BCUT2D eigenvalue weighted by Gasteiger charge is -2.17. The Balaban J connectivity index is 1.92. The Bertz CT molecular complexity index is 1610. The van der Waals surface area contributed by atoms with Crippen LogP contribution >= 0.6 is 0 Å². The van der Waals surface area contributed by atoms with Gasteiger partial charge in [0.2, 0.25) is 16.0 Å². The number of benzene rings is 1. The molecule has 1 unspecified atom stereocenters. The molecule has 3 heterocycles. The molecular weight excluding hydrogens is 500 g/mol. The maximum Gasteiger partial charge on any atom is 0.404 e. The van der Waals surface area contributed by atoms with Gasteiger partial charge in [0.05, 0.1) is 22.5 Å². The molecule has 0 saturated carbocycles. The lowest BCUT2D eigenvalue weighted by atomic mass is 10.1. The Kier molecular flexibility index (Phi) is 6.33. The van der Waals surface area contributed by atoms with Crippen LogP contribution in [0.1, 0.15) is 18.1 Å². The zero-order valence-electron chi connectivity index (χ0n) is 18.5. The molecule has 3 aromatic heterocycles. The molecule has 13 heteroatoms. The van der Waals surface area contributed by atoms with E-state index in [0.717, 1.165) is 18.3 Å². The molecule has 0 aliphatic heterocycles. The van der Waals surface area contributed by atoms with Crippen molar-refractivity contribution in [2.24, 2.45) is 0 Å². The zero-order chi connectivity index (χ0) is 26.3. The van der Waals surface area contributed by atoms with Crippen LogP contribution in [-0.2, 0) is 10.0 Å². The molecule has 4 aromatic rings. The second kappa shape index (κ2) is 9.14. The maximum atomic E-state index is 14.6. The first-order chi connectivity index (χ1) is 17.0. The lowest BCUT2D eigenvalue weighted by Crippen LogP contribution is -2.42. The SMILES string of the molecule is C=Cc1cc2c(cc1F)c(C#N)c(-c1ccc(S(=O)(=O)NC(C)C(F)(F)F)cn1)n2-c1ncccn1. The molecule has 0 radical (unpaired) electrons. The summed E-state index contributed by atoms with van der Waals surface area (Å²) in [5.74, 6) is -0.495. The summed E-state index contributed by atoms with van der Waals surface area (Å²) in [6.07, 6.45) is 0.303. The molecule has 0 bridgehead atoms. The second-order valence-corrected chi connectivity index (χ2v) is 9.29. The van der Waals surface area contributed by atoms with Gasteiger partial charge in [0.25, 0.3) is 0 Å². The number of aromatic nitrogens is 4. The number of nitrogens with one attached hydrogen (secondary N) is 1. The molecule has 1 N–H and O–H groups in total. The molecule has 36 heavy (non-hydrogen) atoms. The molecule has 1 aromatic carbocycles. The lowest BCUT2D eigenvalue weighted by molar-refractivity contribution is -0.147. The monoisotopic (exact) mass is 516 g/mol. The summed E-state index contributed by atoms with van der Waals surface area (Å²) in [5.41, 5.74) is 0.757. The summed E-state index contributed by atoms with van der Waals surface area (Å²) in [4.78, 5) is 12.0. The summed E-state index contributed by atoms with van der Waals surface area (Å²) in [7, 11) is -4.55. The predicted octanol–water partition coefficient (Wildman–Crippen LogP) is 4.37. The minimum absolute atomic E-state index is 0.0129. The average molecular weight is 516 g/mol. The Morgan fingerprint density at radius 3 is 2.44 bits per heavy atom. The first kappa shape index (κ1) is 25.0. The van der Waals surface area contributed by atoms with Crippen molar-refractivity contribution in [1.82, 2.24) is 24.2 Å². The molecule has 184 valence electrons. The van der Waals surface area contributed by atoms with Crippen LogP contribution < -0.4 is 4.72 Å². The van der Waals surface area contributed by atoms with Crippen molar-refractivity contribution in [3.63, 3.8) is 0 Å². The van der Waals surface area contributed by atoms with Gasteiger partial charge in [-0.2, -0.15) is 23.2 Å². The van der Waals surface area contributed by atoms with Crippen LogP contribution in [0.3, 0.4) is 0 Å². The fourth-order valence-corrected chi connectivity index (χ4v) is 4.67. The minimum Gasteiger partial charge on any atom is -0.275 e. The van der Waals surface area contributed by atoms with Crippen molar-refractivity contribution >= 4 is 27.0 Å². The largest absolute Gasteiger partial charge is 0.404 e. The molecule has 0 amide bonds. The molecule has 0 aliphatic carbocycles. The van der Waals surface area contributed by atoms with E-state index in [-0.39, 0.29) is 33.8 Å². The molecule has 1 atom stereocenters. The molecule has 0 aliphatic rings. The second-order valence-electron chi connectivity index (χ2n) is 7.58. The normalized spacial score (nSPS) is 12.9. The smallest absolute Gasteiger partial charge is 0.275 e. The molecule has 8 nitrogen and oxygen atoms in total. The number of nitrogens with zero attached hydrogens (tertiary/aromatic N) is 5. The van der Waals surface area contributed by atoms with E-state index >= 15 is 0 Å². The van der Waals surface area contributed by atoms with Crippen molar-refractivity contribution in [2.75, 3.05) is 0 Å². The zero-order valence-corrected chi connectivity index (χ0v) is 19.3. The minimum atomic E-state index is -4.78. The van der Waals surface area contributed by atoms with E-state index in [1.807, 2.05) is 6.07 Å². The van der Waals surface area contributed by atoms with Crippen molar-refractivity contribution in [3.05, 3.63) is 72.4 Å². The van der Waals surface area contributed by atoms with E-state index in [9.17, 15) is 31.2 Å².